The van der Waals surface area contributed by atoms with Crippen LogP contribution in [0.2, 0.25) is 0 Å². The van der Waals surface area contributed by atoms with E-state index in [0.717, 1.165) is 67.0 Å². The average molecular weight is 570 g/mol. The van der Waals surface area contributed by atoms with Gasteiger partial charge in [-0.2, -0.15) is 9.97 Å². The SMILES string of the molecule is COc1ccc(-c2ccc3c(N4CCOCC4C)nc(N(C)C4CCN(Cc5cccnc5)CC4)nc3n2)cc1CO. The minimum Gasteiger partial charge on any atom is -0.496 e. The van der Waals surface area contributed by atoms with E-state index in [1.165, 1.54) is 5.56 Å². The number of aliphatic hydroxyl groups excluding tert-OH is 1. The summed E-state index contributed by atoms with van der Waals surface area (Å²) in [6.45, 7) is 7.10. The number of piperidine rings is 1. The Balaban J connectivity index is 1.31. The van der Waals surface area contributed by atoms with E-state index in [2.05, 4.69) is 45.8 Å². The number of pyridine rings is 2. The molecule has 0 amide bonds. The van der Waals surface area contributed by atoms with Crippen molar-refractivity contribution in [3.05, 3.63) is 66.0 Å². The molecule has 1 atom stereocenters. The molecule has 0 aliphatic carbocycles. The van der Waals surface area contributed by atoms with Crippen molar-refractivity contribution < 1.29 is 14.6 Å². The zero-order chi connectivity index (χ0) is 29.1. The molecule has 0 saturated carbocycles. The van der Waals surface area contributed by atoms with Crippen molar-refractivity contribution in [3.63, 3.8) is 0 Å². The largest absolute Gasteiger partial charge is 0.496 e. The predicted octanol–water partition coefficient (Wildman–Crippen LogP) is 3.91. The topological polar surface area (TPSA) is 100.0 Å². The summed E-state index contributed by atoms with van der Waals surface area (Å²) in [5, 5.41) is 10.8. The van der Waals surface area contributed by atoms with Gasteiger partial charge in [-0.3, -0.25) is 9.88 Å². The molecule has 5 heterocycles. The third-order valence-electron chi connectivity index (χ3n) is 8.46. The van der Waals surface area contributed by atoms with Crippen LogP contribution in [0.5, 0.6) is 5.75 Å². The van der Waals surface area contributed by atoms with E-state index < -0.39 is 0 Å². The lowest BCUT2D eigenvalue weighted by molar-refractivity contribution is 0.0987. The quantitative estimate of drug-likeness (QED) is 0.336. The van der Waals surface area contributed by atoms with Gasteiger partial charge in [0.2, 0.25) is 5.95 Å². The molecular weight excluding hydrogens is 530 g/mol. The fourth-order valence-corrected chi connectivity index (χ4v) is 6.00. The van der Waals surface area contributed by atoms with Gasteiger partial charge >= 0.3 is 0 Å². The maximum absolute atomic E-state index is 9.86. The van der Waals surface area contributed by atoms with E-state index in [1.807, 2.05) is 42.7 Å². The lowest BCUT2D eigenvalue weighted by Gasteiger charge is -2.38. The number of morpholine rings is 1. The Bertz CT molecular complexity index is 1510. The second-order valence-corrected chi connectivity index (χ2v) is 11.2. The predicted molar refractivity (Wildman–Crippen MR) is 164 cm³/mol. The van der Waals surface area contributed by atoms with Crippen LogP contribution in [0.25, 0.3) is 22.3 Å². The summed E-state index contributed by atoms with van der Waals surface area (Å²) in [4.78, 5) is 26.5. The second-order valence-electron chi connectivity index (χ2n) is 11.2. The van der Waals surface area contributed by atoms with E-state index in [0.29, 0.717) is 36.6 Å². The van der Waals surface area contributed by atoms with E-state index >= 15 is 0 Å². The summed E-state index contributed by atoms with van der Waals surface area (Å²) in [5.41, 5.74) is 4.32. The Hall–Kier alpha value is -3.86. The van der Waals surface area contributed by atoms with Gasteiger partial charge in [0.25, 0.3) is 0 Å². The number of hydrogen-bond donors (Lipinski definition) is 1. The van der Waals surface area contributed by atoms with Gasteiger partial charge in [0, 0.05) is 62.8 Å². The average Bonchev–Trinajstić information content (AvgIpc) is 3.04. The van der Waals surface area contributed by atoms with Crippen molar-refractivity contribution in [1.82, 2.24) is 24.8 Å². The number of benzene rings is 1. The first-order valence-electron chi connectivity index (χ1n) is 14.7. The minimum atomic E-state index is -0.109. The molecule has 2 fully saturated rings. The summed E-state index contributed by atoms with van der Waals surface area (Å²) < 4.78 is 11.1. The number of rotatable bonds is 8. The standard InChI is InChI=1S/C32H39N7O3/c1-22-21-42-16-15-39(22)31-27-7-8-28(24-6-9-29(41-3)25(17-24)20-40)34-30(27)35-32(36-31)37(2)26-10-13-38(14-11-26)19-23-5-4-12-33-18-23/h4-9,12,17-18,22,26,40H,10-11,13-16,19-21H2,1-3H3. The van der Waals surface area contributed by atoms with Crippen molar-refractivity contribution >= 4 is 22.8 Å². The molecule has 0 bridgehead atoms. The van der Waals surface area contributed by atoms with Gasteiger partial charge in [0.05, 0.1) is 44.1 Å². The summed E-state index contributed by atoms with van der Waals surface area (Å²) >= 11 is 0. The molecule has 0 radical (unpaired) electrons. The summed E-state index contributed by atoms with van der Waals surface area (Å²) in [7, 11) is 3.71. The molecular formula is C32H39N7O3. The Morgan fingerprint density at radius 1 is 1.07 bits per heavy atom. The van der Waals surface area contributed by atoms with Crippen LogP contribution in [-0.4, -0.2) is 89.0 Å². The van der Waals surface area contributed by atoms with Gasteiger partial charge in [-0.05, 0) is 61.7 Å². The van der Waals surface area contributed by atoms with Crippen LogP contribution in [0.3, 0.4) is 0 Å². The normalized spacial score (nSPS) is 18.4. The van der Waals surface area contributed by atoms with Gasteiger partial charge < -0.3 is 24.4 Å². The van der Waals surface area contributed by atoms with Crippen LogP contribution in [0.1, 0.15) is 30.9 Å². The fourth-order valence-electron chi connectivity index (χ4n) is 6.00. The molecule has 2 saturated heterocycles. The zero-order valence-corrected chi connectivity index (χ0v) is 24.6. The van der Waals surface area contributed by atoms with Crippen molar-refractivity contribution in [2.24, 2.45) is 0 Å². The smallest absolute Gasteiger partial charge is 0.229 e. The molecule has 4 aromatic rings. The van der Waals surface area contributed by atoms with Crippen molar-refractivity contribution in [2.75, 3.05) is 56.8 Å². The number of likely N-dealkylation sites (tertiary alicyclic amines) is 1. The molecule has 1 N–H and O–H groups in total. The minimum absolute atomic E-state index is 0.109. The lowest BCUT2D eigenvalue weighted by atomic mass is 10.0. The Morgan fingerprint density at radius 2 is 1.93 bits per heavy atom. The number of ether oxygens (including phenoxy) is 2. The molecule has 10 nitrogen and oxygen atoms in total. The van der Waals surface area contributed by atoms with Gasteiger partial charge in [0.15, 0.2) is 5.65 Å². The second kappa shape index (κ2) is 12.6. The molecule has 0 spiro atoms. The fraction of sp³-hybridized carbons (Fsp3) is 0.438. The number of fused-ring (bicyclic) bond motifs is 1. The molecule has 42 heavy (non-hydrogen) atoms. The number of methoxy groups -OCH3 is 1. The van der Waals surface area contributed by atoms with Gasteiger partial charge in [-0.1, -0.05) is 6.07 Å². The molecule has 10 heteroatoms. The Kier molecular flexibility index (Phi) is 8.46. The molecule has 1 unspecified atom stereocenters. The Labute approximate surface area is 247 Å². The number of hydrogen-bond acceptors (Lipinski definition) is 10. The number of aromatic nitrogens is 4. The molecule has 2 aliphatic rings. The maximum Gasteiger partial charge on any atom is 0.229 e. The van der Waals surface area contributed by atoms with E-state index in [-0.39, 0.29) is 12.6 Å². The first-order chi connectivity index (χ1) is 20.5. The molecule has 3 aromatic heterocycles. The van der Waals surface area contributed by atoms with Crippen molar-refractivity contribution in [2.45, 2.75) is 45.0 Å². The summed E-state index contributed by atoms with van der Waals surface area (Å²) in [6.07, 6.45) is 5.84. The molecule has 1 aromatic carbocycles. The number of anilines is 2. The van der Waals surface area contributed by atoms with Crippen LogP contribution in [0.15, 0.2) is 54.9 Å². The molecule has 6 rings (SSSR count). The molecule has 220 valence electrons. The highest BCUT2D eigenvalue weighted by Crippen LogP contribution is 2.32. The van der Waals surface area contributed by atoms with Gasteiger partial charge in [-0.25, -0.2) is 4.98 Å². The van der Waals surface area contributed by atoms with Crippen LogP contribution >= 0.6 is 0 Å². The van der Waals surface area contributed by atoms with Crippen molar-refractivity contribution in [3.8, 4) is 17.0 Å². The highest BCUT2D eigenvalue weighted by atomic mass is 16.5. The van der Waals surface area contributed by atoms with Crippen LogP contribution in [0.4, 0.5) is 11.8 Å². The van der Waals surface area contributed by atoms with E-state index in [4.69, 9.17) is 24.4 Å². The number of aliphatic hydroxyl groups is 1. The van der Waals surface area contributed by atoms with Gasteiger partial charge in [0.1, 0.15) is 11.6 Å². The lowest BCUT2D eigenvalue weighted by Crippen LogP contribution is -2.45. The highest BCUT2D eigenvalue weighted by Gasteiger charge is 2.28. The Morgan fingerprint density at radius 3 is 2.67 bits per heavy atom. The van der Waals surface area contributed by atoms with Crippen LogP contribution in [-0.2, 0) is 17.9 Å². The van der Waals surface area contributed by atoms with Crippen LogP contribution in [0, 0.1) is 0 Å². The van der Waals surface area contributed by atoms with E-state index in [1.54, 1.807) is 7.11 Å². The highest BCUT2D eigenvalue weighted by molar-refractivity contribution is 5.90. The number of nitrogens with zero attached hydrogens (tertiary/aromatic N) is 7. The van der Waals surface area contributed by atoms with Crippen molar-refractivity contribution in [1.29, 1.82) is 0 Å². The third-order valence-corrected chi connectivity index (χ3v) is 8.46. The first-order valence-corrected chi connectivity index (χ1v) is 14.7. The molecule has 2 aliphatic heterocycles. The summed E-state index contributed by atoms with van der Waals surface area (Å²) in [5.74, 6) is 2.25. The summed E-state index contributed by atoms with van der Waals surface area (Å²) in [6, 6.07) is 14.5. The van der Waals surface area contributed by atoms with Crippen LogP contribution < -0.4 is 14.5 Å². The zero-order valence-electron chi connectivity index (χ0n) is 24.6. The third kappa shape index (κ3) is 5.88. The van der Waals surface area contributed by atoms with E-state index in [9.17, 15) is 5.11 Å². The van der Waals surface area contributed by atoms with Gasteiger partial charge in [-0.15, -0.1) is 0 Å². The monoisotopic (exact) mass is 569 g/mol. The first kappa shape index (κ1) is 28.3. The maximum atomic E-state index is 9.86.